The summed E-state index contributed by atoms with van der Waals surface area (Å²) in [5.74, 6) is 0. The van der Waals surface area contributed by atoms with Gasteiger partial charge in [0.15, 0.2) is 0 Å². The number of nitrogens with one attached hydrogen (secondary N) is 1. The molecule has 0 amide bonds. The zero-order valence-corrected chi connectivity index (χ0v) is 15.1. The Morgan fingerprint density at radius 1 is 1.10 bits per heavy atom. The molecule has 2 aromatic rings. The summed E-state index contributed by atoms with van der Waals surface area (Å²) in [5.41, 5.74) is 1.07. The van der Waals surface area contributed by atoms with Crippen molar-refractivity contribution in [2.24, 2.45) is 0 Å². The van der Waals surface area contributed by atoms with Gasteiger partial charge in [-0.25, -0.2) is 8.42 Å². The van der Waals surface area contributed by atoms with Crippen molar-refractivity contribution in [1.29, 1.82) is 0 Å². The van der Waals surface area contributed by atoms with Crippen molar-refractivity contribution in [1.82, 2.24) is 0 Å². The number of hydrogen-bond donors (Lipinski definition) is 1. The lowest BCUT2D eigenvalue weighted by atomic mass is 10.2. The van der Waals surface area contributed by atoms with E-state index in [0.717, 1.165) is 0 Å². The molecule has 1 N–H and O–H groups in total. The minimum atomic E-state index is -3.67. The first-order valence-corrected chi connectivity index (χ1v) is 8.98. The highest BCUT2D eigenvalue weighted by molar-refractivity contribution is 9.10. The Balaban J connectivity index is 2.46. The summed E-state index contributed by atoms with van der Waals surface area (Å²) in [6.07, 6.45) is 0. The zero-order valence-electron chi connectivity index (χ0n) is 10.3. The molecule has 0 bridgehead atoms. The molecule has 0 saturated carbocycles. The highest BCUT2D eigenvalue weighted by Gasteiger charge is 2.18. The number of halogens is 3. The van der Waals surface area contributed by atoms with E-state index in [4.69, 9.17) is 11.6 Å². The van der Waals surface area contributed by atoms with Gasteiger partial charge in [0.2, 0.25) is 0 Å². The molecule has 0 radical (unpaired) electrons. The lowest BCUT2D eigenvalue weighted by molar-refractivity contribution is 0.600. The molecular formula is C13H10Br2ClNO2S. The third-order valence-corrected chi connectivity index (χ3v) is 5.54. The van der Waals surface area contributed by atoms with Crippen molar-refractivity contribution < 1.29 is 8.42 Å². The largest absolute Gasteiger partial charge is 0.278 e. The predicted molar refractivity (Wildman–Crippen MR) is 88.8 cm³/mol. The number of benzene rings is 2. The van der Waals surface area contributed by atoms with Gasteiger partial charge in [-0.1, -0.05) is 33.6 Å². The van der Waals surface area contributed by atoms with E-state index in [1.165, 1.54) is 0 Å². The maximum absolute atomic E-state index is 12.4. The molecule has 3 nitrogen and oxygen atoms in total. The first kappa shape index (κ1) is 15.8. The van der Waals surface area contributed by atoms with Crippen molar-refractivity contribution in [2.75, 3.05) is 4.72 Å². The van der Waals surface area contributed by atoms with E-state index in [9.17, 15) is 8.42 Å². The van der Waals surface area contributed by atoms with Gasteiger partial charge in [-0.15, -0.1) is 0 Å². The highest BCUT2D eigenvalue weighted by Crippen LogP contribution is 2.29. The Bertz CT molecular complexity index is 763. The second-order valence-electron chi connectivity index (χ2n) is 4.14. The second-order valence-corrected chi connectivity index (χ2v) is 8.00. The molecule has 0 aliphatic carbocycles. The minimum absolute atomic E-state index is 0.221. The normalized spacial score (nSPS) is 11.4. The molecule has 0 aromatic heterocycles. The Morgan fingerprint density at radius 3 is 2.50 bits per heavy atom. The van der Waals surface area contributed by atoms with Crippen LogP contribution in [-0.4, -0.2) is 8.42 Å². The summed E-state index contributed by atoms with van der Waals surface area (Å²) in [5, 5.41) is 0.455. The molecule has 0 heterocycles. The fourth-order valence-corrected chi connectivity index (χ4v) is 4.14. The molecule has 7 heteroatoms. The highest BCUT2D eigenvalue weighted by atomic mass is 79.9. The third-order valence-electron chi connectivity index (χ3n) is 2.61. The van der Waals surface area contributed by atoms with Crippen LogP contribution >= 0.6 is 43.5 Å². The van der Waals surface area contributed by atoms with Crippen LogP contribution < -0.4 is 4.72 Å². The van der Waals surface area contributed by atoms with E-state index in [1.807, 2.05) is 0 Å². The quantitative estimate of drug-likeness (QED) is 0.734. The molecule has 0 saturated heterocycles. The lowest BCUT2D eigenvalue weighted by Crippen LogP contribution is -2.14. The van der Waals surface area contributed by atoms with Crippen LogP contribution in [0.1, 0.15) is 5.56 Å². The van der Waals surface area contributed by atoms with Crippen LogP contribution in [0.15, 0.2) is 50.2 Å². The van der Waals surface area contributed by atoms with Crippen molar-refractivity contribution in [3.8, 4) is 0 Å². The van der Waals surface area contributed by atoms with Gasteiger partial charge in [0, 0.05) is 14.0 Å². The number of aryl methyl sites for hydroxylation is 1. The summed E-state index contributed by atoms with van der Waals surface area (Å²) in [7, 11) is -3.67. The summed E-state index contributed by atoms with van der Waals surface area (Å²) >= 11 is 12.5. The smallest absolute Gasteiger partial charge is 0.262 e. The Morgan fingerprint density at radius 2 is 1.80 bits per heavy atom. The van der Waals surface area contributed by atoms with E-state index >= 15 is 0 Å². The monoisotopic (exact) mass is 437 g/mol. The standard InChI is InChI=1S/C13H10Br2ClNO2S/c1-8-2-3-9(14)6-13(8)20(18,19)17-12-7-10(16)4-5-11(12)15/h2-7,17H,1H3. The molecule has 2 aromatic carbocycles. The van der Waals surface area contributed by atoms with Gasteiger partial charge < -0.3 is 0 Å². The van der Waals surface area contributed by atoms with Crippen molar-refractivity contribution in [2.45, 2.75) is 11.8 Å². The van der Waals surface area contributed by atoms with Gasteiger partial charge in [0.1, 0.15) is 0 Å². The van der Waals surface area contributed by atoms with Crippen LogP contribution in [0.2, 0.25) is 5.02 Å². The molecule has 0 atom stereocenters. The number of hydrogen-bond acceptors (Lipinski definition) is 2. The maximum Gasteiger partial charge on any atom is 0.262 e. The van der Waals surface area contributed by atoms with Gasteiger partial charge in [-0.05, 0) is 58.7 Å². The maximum atomic E-state index is 12.4. The van der Waals surface area contributed by atoms with Gasteiger partial charge in [-0.2, -0.15) is 0 Å². The first-order valence-electron chi connectivity index (χ1n) is 5.53. The lowest BCUT2D eigenvalue weighted by Gasteiger charge is -2.12. The first-order chi connectivity index (χ1) is 9.29. The predicted octanol–water partition coefficient (Wildman–Crippen LogP) is 4.97. The van der Waals surface area contributed by atoms with Crippen LogP contribution in [0.5, 0.6) is 0 Å². The summed E-state index contributed by atoms with van der Waals surface area (Å²) in [6, 6.07) is 10.0. The molecule has 0 unspecified atom stereocenters. The second kappa shape index (κ2) is 6.05. The van der Waals surface area contributed by atoms with Crippen molar-refractivity contribution >= 4 is 59.2 Å². The van der Waals surface area contributed by atoms with Crippen LogP contribution in [0, 0.1) is 6.92 Å². The molecule has 2 rings (SSSR count). The van der Waals surface area contributed by atoms with E-state index in [2.05, 4.69) is 36.6 Å². The summed E-state index contributed by atoms with van der Waals surface area (Å²) < 4.78 is 28.7. The molecule has 0 spiro atoms. The van der Waals surface area contributed by atoms with Crippen molar-refractivity contribution in [3.05, 3.63) is 55.9 Å². The number of sulfonamides is 1. The van der Waals surface area contributed by atoms with Gasteiger partial charge in [0.25, 0.3) is 10.0 Å². The number of anilines is 1. The average molecular weight is 440 g/mol. The molecule has 106 valence electrons. The fraction of sp³-hybridized carbons (Fsp3) is 0.0769. The third kappa shape index (κ3) is 3.55. The van der Waals surface area contributed by atoms with Crippen LogP contribution in [0.4, 0.5) is 5.69 Å². The van der Waals surface area contributed by atoms with Crippen LogP contribution in [0.3, 0.4) is 0 Å². The van der Waals surface area contributed by atoms with E-state index in [-0.39, 0.29) is 4.90 Å². The zero-order chi connectivity index (χ0) is 14.9. The topological polar surface area (TPSA) is 46.2 Å². The molecule has 0 aliphatic heterocycles. The average Bonchev–Trinajstić information content (AvgIpc) is 2.36. The van der Waals surface area contributed by atoms with Gasteiger partial charge in [0.05, 0.1) is 10.6 Å². The fourth-order valence-electron chi connectivity index (χ4n) is 1.64. The van der Waals surface area contributed by atoms with E-state index in [1.54, 1.807) is 43.3 Å². The van der Waals surface area contributed by atoms with Gasteiger partial charge >= 0.3 is 0 Å². The summed E-state index contributed by atoms with van der Waals surface area (Å²) in [6.45, 7) is 1.74. The van der Waals surface area contributed by atoms with E-state index < -0.39 is 10.0 Å². The molecule has 0 fully saturated rings. The Kier molecular flexibility index (Phi) is 4.79. The molecule has 0 aliphatic rings. The molecule has 20 heavy (non-hydrogen) atoms. The molecular weight excluding hydrogens is 429 g/mol. The van der Waals surface area contributed by atoms with Crippen LogP contribution in [-0.2, 0) is 10.0 Å². The Hall–Kier alpha value is -0.560. The van der Waals surface area contributed by atoms with Crippen molar-refractivity contribution in [3.63, 3.8) is 0 Å². The minimum Gasteiger partial charge on any atom is -0.278 e. The van der Waals surface area contributed by atoms with Crippen LogP contribution in [0.25, 0.3) is 0 Å². The number of rotatable bonds is 3. The van der Waals surface area contributed by atoms with Gasteiger partial charge in [-0.3, -0.25) is 4.72 Å². The van der Waals surface area contributed by atoms with E-state index in [0.29, 0.717) is 25.2 Å². The SMILES string of the molecule is Cc1ccc(Br)cc1S(=O)(=O)Nc1cc(Cl)ccc1Br. The Labute approximate surface area is 139 Å². The summed E-state index contributed by atoms with van der Waals surface area (Å²) in [4.78, 5) is 0.221.